The van der Waals surface area contributed by atoms with Crippen molar-refractivity contribution in [1.29, 1.82) is 0 Å². The molecule has 0 radical (unpaired) electrons. The number of ether oxygens (including phenoxy) is 6. The lowest BCUT2D eigenvalue weighted by Crippen LogP contribution is -2.76. The van der Waals surface area contributed by atoms with Crippen LogP contribution < -0.4 is 0 Å². The molecular weight excluding hydrogens is 296 g/mol. The van der Waals surface area contributed by atoms with E-state index in [4.69, 9.17) is 28.4 Å². The summed E-state index contributed by atoms with van der Waals surface area (Å²) in [6.07, 6.45) is 0.310. The standard InChI is InChI=1S/C12H30O6Si2/c1-8-9(13-2)10(14-3,15-4)11(16-5,17-6)12(19,20)18-7/h9H,8H2,1-7,19-20H3. The molecule has 0 amide bonds. The summed E-state index contributed by atoms with van der Waals surface area (Å²) in [6.45, 7) is 1.99. The third-order valence-electron chi connectivity index (χ3n) is 4.02. The molecule has 20 heavy (non-hydrogen) atoms. The van der Waals surface area contributed by atoms with E-state index in [0.29, 0.717) is 26.9 Å². The van der Waals surface area contributed by atoms with Crippen LogP contribution in [0.2, 0.25) is 0 Å². The molecule has 1 atom stereocenters. The third-order valence-corrected chi connectivity index (χ3v) is 6.16. The van der Waals surface area contributed by atoms with Crippen LogP contribution in [0.15, 0.2) is 0 Å². The molecule has 0 heterocycles. The van der Waals surface area contributed by atoms with Crippen molar-refractivity contribution in [3.63, 3.8) is 0 Å². The first-order valence-corrected chi connectivity index (χ1v) is 8.61. The van der Waals surface area contributed by atoms with E-state index in [-0.39, 0.29) is 6.10 Å². The summed E-state index contributed by atoms with van der Waals surface area (Å²) in [5, 5.41) is 0. The van der Waals surface area contributed by atoms with Crippen LogP contribution in [0.25, 0.3) is 0 Å². The van der Waals surface area contributed by atoms with E-state index in [9.17, 15) is 0 Å². The Balaban J connectivity index is 6.17. The van der Waals surface area contributed by atoms with Crippen molar-refractivity contribution < 1.29 is 28.4 Å². The summed E-state index contributed by atoms with van der Waals surface area (Å²) in [5.74, 6) is -2.42. The van der Waals surface area contributed by atoms with Crippen LogP contribution in [0.3, 0.4) is 0 Å². The van der Waals surface area contributed by atoms with E-state index in [0.717, 1.165) is 0 Å². The first kappa shape index (κ1) is 20.2. The highest BCUT2D eigenvalue weighted by molar-refractivity contribution is 6.40. The zero-order chi connectivity index (χ0) is 16.0. The molecular formula is C12H30O6Si2. The molecule has 8 heteroatoms. The Hall–Kier alpha value is 0.194. The van der Waals surface area contributed by atoms with E-state index in [1.165, 1.54) is 0 Å². The van der Waals surface area contributed by atoms with Crippen molar-refractivity contribution in [2.75, 3.05) is 42.7 Å². The average molecular weight is 327 g/mol. The van der Waals surface area contributed by atoms with Crippen molar-refractivity contribution in [1.82, 2.24) is 0 Å². The smallest absolute Gasteiger partial charge is 0.252 e. The van der Waals surface area contributed by atoms with Crippen LogP contribution in [0.4, 0.5) is 0 Å². The third kappa shape index (κ3) is 2.88. The largest absolute Gasteiger partial charge is 0.381 e. The quantitative estimate of drug-likeness (QED) is 0.357. The van der Waals surface area contributed by atoms with Crippen LogP contribution in [0.5, 0.6) is 0 Å². The molecule has 0 spiro atoms. The molecule has 1 unspecified atom stereocenters. The second-order valence-electron chi connectivity index (χ2n) is 4.95. The van der Waals surface area contributed by atoms with Crippen molar-refractivity contribution in [3.8, 4) is 0 Å². The number of hydrogen-bond donors (Lipinski definition) is 0. The van der Waals surface area contributed by atoms with Gasteiger partial charge in [0.2, 0.25) is 5.79 Å². The van der Waals surface area contributed by atoms with Gasteiger partial charge in [-0.1, -0.05) is 6.92 Å². The topological polar surface area (TPSA) is 55.4 Å². The van der Waals surface area contributed by atoms with E-state index in [1.807, 2.05) is 6.92 Å². The summed E-state index contributed by atoms with van der Waals surface area (Å²) < 4.78 is 34.3. The lowest BCUT2D eigenvalue weighted by molar-refractivity contribution is -0.432. The van der Waals surface area contributed by atoms with Crippen LogP contribution in [0, 0.1) is 0 Å². The molecule has 6 nitrogen and oxygen atoms in total. The fourth-order valence-electron chi connectivity index (χ4n) is 2.83. The Labute approximate surface area is 128 Å². The van der Waals surface area contributed by atoms with Crippen LogP contribution in [0.1, 0.15) is 13.3 Å². The first-order valence-electron chi connectivity index (χ1n) is 6.61. The predicted molar refractivity (Wildman–Crippen MR) is 84.2 cm³/mol. The maximum absolute atomic E-state index is 5.77. The molecule has 0 aliphatic carbocycles. The molecule has 0 bridgehead atoms. The zero-order valence-electron chi connectivity index (χ0n) is 14.2. The number of hydrogen-bond acceptors (Lipinski definition) is 6. The molecule has 0 aromatic rings. The lowest BCUT2D eigenvalue weighted by Gasteiger charge is -2.55. The van der Waals surface area contributed by atoms with Gasteiger partial charge in [-0.25, -0.2) is 0 Å². The first-order chi connectivity index (χ1) is 9.32. The molecule has 122 valence electrons. The summed E-state index contributed by atoms with van der Waals surface area (Å²) in [7, 11) is 10.9. The fourth-order valence-corrected chi connectivity index (χ4v) is 4.34. The minimum absolute atomic E-state index is 0.366. The summed E-state index contributed by atoms with van der Waals surface area (Å²) >= 11 is 0. The maximum atomic E-state index is 5.77. The van der Waals surface area contributed by atoms with Crippen LogP contribution in [-0.2, 0) is 28.4 Å². The monoisotopic (exact) mass is 326 g/mol. The van der Waals surface area contributed by atoms with Crippen molar-refractivity contribution in [3.05, 3.63) is 0 Å². The Morgan fingerprint density at radius 3 is 1.45 bits per heavy atom. The van der Waals surface area contributed by atoms with Crippen LogP contribution >= 0.6 is 0 Å². The highest BCUT2D eigenvalue weighted by atomic mass is 28.2. The summed E-state index contributed by atoms with van der Waals surface area (Å²) in [6, 6.07) is 0. The van der Waals surface area contributed by atoms with Crippen molar-refractivity contribution in [2.24, 2.45) is 0 Å². The SMILES string of the molecule is CCC(OC)C(OC)(OC)C(OC)(OC)C([SiH3])([SiH3])OC. The molecule has 0 aliphatic heterocycles. The molecule has 0 saturated carbocycles. The molecule has 0 rings (SSSR count). The van der Waals surface area contributed by atoms with E-state index >= 15 is 0 Å². The normalized spacial score (nSPS) is 18.1. The minimum atomic E-state index is -1.22. The Morgan fingerprint density at radius 2 is 1.25 bits per heavy atom. The zero-order valence-corrected chi connectivity index (χ0v) is 18.2. The van der Waals surface area contributed by atoms with E-state index < -0.39 is 16.4 Å². The maximum Gasteiger partial charge on any atom is 0.252 e. The number of rotatable bonds is 10. The van der Waals surface area contributed by atoms with Crippen molar-refractivity contribution in [2.45, 2.75) is 35.9 Å². The van der Waals surface area contributed by atoms with Gasteiger partial charge in [0.15, 0.2) is 0 Å². The lowest BCUT2D eigenvalue weighted by atomic mass is 9.96. The summed E-state index contributed by atoms with van der Waals surface area (Å²) in [5.41, 5.74) is 0. The van der Waals surface area contributed by atoms with E-state index in [2.05, 4.69) is 0 Å². The highest BCUT2D eigenvalue weighted by Gasteiger charge is 2.66. The van der Waals surface area contributed by atoms with Gasteiger partial charge in [0.05, 0.1) is 4.85 Å². The molecule has 0 fully saturated rings. The van der Waals surface area contributed by atoms with Crippen LogP contribution in [-0.4, -0.2) is 85.7 Å². The Morgan fingerprint density at radius 1 is 0.800 bits per heavy atom. The van der Waals surface area contributed by atoms with Gasteiger partial charge in [-0.2, -0.15) is 0 Å². The fraction of sp³-hybridized carbons (Fsp3) is 1.00. The molecule has 0 aliphatic rings. The molecule has 0 N–H and O–H groups in total. The minimum Gasteiger partial charge on any atom is -0.381 e. The highest BCUT2D eigenvalue weighted by Crippen LogP contribution is 2.42. The van der Waals surface area contributed by atoms with E-state index in [1.54, 1.807) is 42.7 Å². The second-order valence-corrected chi connectivity index (χ2v) is 10.8. The average Bonchev–Trinajstić information content (AvgIpc) is 2.47. The number of methoxy groups -OCH3 is 6. The predicted octanol–water partition coefficient (Wildman–Crippen LogP) is -1.58. The Kier molecular flexibility index (Phi) is 8.07. The van der Waals surface area contributed by atoms with Gasteiger partial charge in [0, 0.05) is 63.1 Å². The van der Waals surface area contributed by atoms with Gasteiger partial charge in [-0.3, -0.25) is 0 Å². The molecule has 0 aromatic carbocycles. The van der Waals surface area contributed by atoms with Gasteiger partial charge in [-0.15, -0.1) is 0 Å². The van der Waals surface area contributed by atoms with Crippen molar-refractivity contribution >= 4 is 20.5 Å². The van der Waals surface area contributed by atoms with Gasteiger partial charge < -0.3 is 28.4 Å². The summed E-state index contributed by atoms with van der Waals surface area (Å²) in [4.78, 5) is -0.575. The van der Waals surface area contributed by atoms with Gasteiger partial charge in [-0.05, 0) is 6.42 Å². The van der Waals surface area contributed by atoms with Gasteiger partial charge in [0.25, 0.3) is 5.79 Å². The molecule has 0 aromatic heterocycles. The second kappa shape index (κ2) is 7.99. The van der Waals surface area contributed by atoms with Gasteiger partial charge >= 0.3 is 0 Å². The van der Waals surface area contributed by atoms with Gasteiger partial charge in [0.1, 0.15) is 6.10 Å². The molecule has 0 saturated heterocycles. The Bertz CT molecular complexity index is 275.